The van der Waals surface area contributed by atoms with Crippen LogP contribution in [0.15, 0.2) is 65.3 Å². The molecule has 0 N–H and O–H groups in total. The molecule has 1 unspecified atom stereocenters. The average Bonchev–Trinajstić information content (AvgIpc) is 3.40. The van der Waals surface area contributed by atoms with E-state index in [-0.39, 0.29) is 23.4 Å². The monoisotopic (exact) mass is 416 g/mol. The molecule has 0 fully saturated rings. The zero-order chi connectivity index (χ0) is 21.5. The minimum Gasteiger partial charge on any atom is -0.350 e. The number of amides is 1. The molecule has 1 amide bonds. The minimum absolute atomic E-state index is 0.0297. The van der Waals surface area contributed by atoms with Gasteiger partial charge in [0.05, 0.1) is 6.20 Å². The summed E-state index contributed by atoms with van der Waals surface area (Å²) in [4.78, 5) is 15.1. The quantitative estimate of drug-likeness (QED) is 0.499. The summed E-state index contributed by atoms with van der Waals surface area (Å²) in [6.45, 7) is 3.06. The van der Waals surface area contributed by atoms with Crippen molar-refractivity contribution in [1.29, 1.82) is 0 Å². The molecule has 31 heavy (non-hydrogen) atoms. The largest absolute Gasteiger partial charge is 0.350 e. The number of carbonyl (C=O) groups is 1. The van der Waals surface area contributed by atoms with Crippen molar-refractivity contribution in [3.63, 3.8) is 0 Å². The predicted octanol–water partition coefficient (Wildman–Crippen LogP) is 4.31. The number of halogens is 1. The number of fused-ring (bicyclic) bond motifs is 1. The summed E-state index contributed by atoms with van der Waals surface area (Å²) in [7, 11) is 1.92. The van der Waals surface area contributed by atoms with Gasteiger partial charge in [-0.05, 0) is 42.3 Å². The van der Waals surface area contributed by atoms with Crippen molar-refractivity contribution in [2.75, 3.05) is 6.54 Å². The first-order valence-corrected chi connectivity index (χ1v) is 10.1. The first-order chi connectivity index (χ1) is 15.0. The highest BCUT2D eigenvalue weighted by atomic mass is 19.1. The van der Waals surface area contributed by atoms with Crippen molar-refractivity contribution in [2.24, 2.45) is 7.05 Å². The number of carbonyl (C=O) groups excluding carboxylic acids is 1. The van der Waals surface area contributed by atoms with E-state index in [2.05, 4.69) is 22.4 Å². The molecule has 7 heteroatoms. The molecule has 1 atom stereocenters. The Morgan fingerprint density at radius 3 is 2.65 bits per heavy atom. The Balaban J connectivity index is 1.46. The Morgan fingerprint density at radius 1 is 1.13 bits per heavy atom. The van der Waals surface area contributed by atoms with Crippen molar-refractivity contribution in [1.82, 2.24) is 19.8 Å². The summed E-state index contributed by atoms with van der Waals surface area (Å²) >= 11 is 0. The third-order valence-corrected chi connectivity index (χ3v) is 5.99. The Kier molecular flexibility index (Phi) is 4.66. The SMILES string of the molecule is Cc1c(C2CN(C(=O)c3cc(-c4ccc(F)cc4)no3)Cc3ccccc32)cnn1C. The topological polar surface area (TPSA) is 64.2 Å². The lowest BCUT2D eigenvalue weighted by Crippen LogP contribution is -2.38. The van der Waals surface area contributed by atoms with Gasteiger partial charge in [-0.25, -0.2) is 4.39 Å². The highest BCUT2D eigenvalue weighted by molar-refractivity contribution is 5.92. The van der Waals surface area contributed by atoms with Crippen molar-refractivity contribution in [2.45, 2.75) is 19.4 Å². The lowest BCUT2D eigenvalue weighted by molar-refractivity contribution is 0.0682. The van der Waals surface area contributed by atoms with Gasteiger partial charge in [-0.15, -0.1) is 0 Å². The molecular formula is C24H21FN4O2. The fraction of sp³-hybridized carbons (Fsp3) is 0.208. The molecule has 6 nitrogen and oxygen atoms in total. The number of hydrogen-bond donors (Lipinski definition) is 0. The van der Waals surface area contributed by atoms with E-state index in [4.69, 9.17) is 4.52 Å². The van der Waals surface area contributed by atoms with Crippen LogP contribution in [0.4, 0.5) is 4.39 Å². The van der Waals surface area contributed by atoms with E-state index in [1.165, 1.54) is 17.7 Å². The van der Waals surface area contributed by atoms with Gasteiger partial charge in [0.1, 0.15) is 11.5 Å². The predicted molar refractivity (Wildman–Crippen MR) is 113 cm³/mol. The standard InChI is InChI=1S/C24H21FN4O2/c1-15-20(12-26-28(15)2)21-14-29(13-17-5-3-4-6-19(17)21)24(30)23-11-22(27-31-23)16-7-9-18(25)10-8-16/h3-12,21H,13-14H2,1-2H3. The summed E-state index contributed by atoms with van der Waals surface area (Å²) in [6, 6.07) is 15.7. The molecule has 0 aliphatic carbocycles. The fourth-order valence-electron chi connectivity index (χ4n) is 4.17. The van der Waals surface area contributed by atoms with Crippen LogP contribution in [0.3, 0.4) is 0 Å². The summed E-state index contributed by atoms with van der Waals surface area (Å²) in [5.41, 5.74) is 5.70. The number of aromatic nitrogens is 3. The maximum Gasteiger partial charge on any atom is 0.292 e. The van der Waals surface area contributed by atoms with E-state index < -0.39 is 0 Å². The molecule has 0 spiro atoms. The van der Waals surface area contributed by atoms with Crippen LogP contribution in [0.25, 0.3) is 11.3 Å². The Labute approximate surface area is 178 Å². The fourth-order valence-corrected chi connectivity index (χ4v) is 4.17. The smallest absolute Gasteiger partial charge is 0.292 e. The van der Waals surface area contributed by atoms with Crippen molar-refractivity contribution >= 4 is 5.91 Å². The maximum absolute atomic E-state index is 13.3. The lowest BCUT2D eigenvalue weighted by Gasteiger charge is -2.34. The van der Waals surface area contributed by atoms with E-state index >= 15 is 0 Å². The molecule has 0 saturated heterocycles. The minimum atomic E-state index is -0.327. The maximum atomic E-state index is 13.3. The average molecular weight is 416 g/mol. The highest BCUT2D eigenvalue weighted by Gasteiger charge is 2.32. The molecule has 1 aliphatic rings. The van der Waals surface area contributed by atoms with Gasteiger partial charge in [0.25, 0.3) is 5.91 Å². The van der Waals surface area contributed by atoms with Crippen LogP contribution in [0.5, 0.6) is 0 Å². The van der Waals surface area contributed by atoms with Gasteiger partial charge in [-0.1, -0.05) is 29.4 Å². The van der Waals surface area contributed by atoms with Gasteiger partial charge in [0, 0.05) is 48.9 Å². The summed E-state index contributed by atoms with van der Waals surface area (Å²) in [5, 5.41) is 8.41. The number of rotatable bonds is 3. The highest BCUT2D eigenvalue weighted by Crippen LogP contribution is 2.35. The zero-order valence-electron chi connectivity index (χ0n) is 17.2. The van der Waals surface area contributed by atoms with Crippen LogP contribution in [-0.4, -0.2) is 32.3 Å². The van der Waals surface area contributed by atoms with Crippen LogP contribution in [0, 0.1) is 12.7 Å². The molecule has 2 aromatic carbocycles. The van der Waals surface area contributed by atoms with Gasteiger partial charge in [-0.2, -0.15) is 5.10 Å². The van der Waals surface area contributed by atoms with Crippen molar-refractivity contribution in [3.8, 4) is 11.3 Å². The van der Waals surface area contributed by atoms with Crippen LogP contribution < -0.4 is 0 Å². The second kappa shape index (κ2) is 7.50. The third-order valence-electron chi connectivity index (χ3n) is 5.99. The van der Waals surface area contributed by atoms with E-state index in [0.29, 0.717) is 24.3 Å². The van der Waals surface area contributed by atoms with Crippen molar-refractivity contribution < 1.29 is 13.7 Å². The second-order valence-electron chi connectivity index (χ2n) is 7.83. The lowest BCUT2D eigenvalue weighted by atomic mass is 9.85. The van der Waals surface area contributed by atoms with Crippen LogP contribution in [0.2, 0.25) is 0 Å². The molecule has 5 rings (SSSR count). The van der Waals surface area contributed by atoms with E-state index in [0.717, 1.165) is 16.8 Å². The molecule has 2 aromatic heterocycles. The second-order valence-corrected chi connectivity index (χ2v) is 7.83. The van der Waals surface area contributed by atoms with Gasteiger partial charge < -0.3 is 9.42 Å². The van der Waals surface area contributed by atoms with Crippen LogP contribution >= 0.6 is 0 Å². The van der Waals surface area contributed by atoms with E-state index in [1.807, 2.05) is 37.0 Å². The first kappa shape index (κ1) is 19.2. The Hall–Kier alpha value is -3.74. The molecular weight excluding hydrogens is 395 g/mol. The molecule has 0 radical (unpaired) electrons. The van der Waals surface area contributed by atoms with Gasteiger partial charge in [-0.3, -0.25) is 9.48 Å². The number of hydrogen-bond acceptors (Lipinski definition) is 4. The number of aryl methyl sites for hydroxylation is 1. The summed E-state index contributed by atoms with van der Waals surface area (Å²) in [5.74, 6) is -0.350. The van der Waals surface area contributed by atoms with E-state index in [1.54, 1.807) is 23.1 Å². The third kappa shape index (κ3) is 3.42. The van der Waals surface area contributed by atoms with Crippen molar-refractivity contribution in [3.05, 3.63) is 94.8 Å². The Bertz CT molecular complexity index is 1260. The zero-order valence-corrected chi connectivity index (χ0v) is 17.2. The molecule has 156 valence electrons. The van der Waals surface area contributed by atoms with Crippen LogP contribution in [0.1, 0.15) is 38.9 Å². The Morgan fingerprint density at radius 2 is 1.90 bits per heavy atom. The molecule has 0 bridgehead atoms. The first-order valence-electron chi connectivity index (χ1n) is 10.1. The van der Waals surface area contributed by atoms with Gasteiger partial charge in [0.2, 0.25) is 5.76 Å². The molecule has 3 heterocycles. The van der Waals surface area contributed by atoms with E-state index in [9.17, 15) is 9.18 Å². The summed E-state index contributed by atoms with van der Waals surface area (Å²) < 4.78 is 20.4. The van der Waals surface area contributed by atoms with Gasteiger partial charge >= 0.3 is 0 Å². The normalized spacial score (nSPS) is 15.7. The molecule has 0 saturated carbocycles. The summed E-state index contributed by atoms with van der Waals surface area (Å²) in [6.07, 6.45) is 1.88. The molecule has 4 aromatic rings. The van der Waals surface area contributed by atoms with Crippen LogP contribution in [-0.2, 0) is 13.6 Å². The number of nitrogens with zero attached hydrogens (tertiary/aromatic N) is 4. The number of benzene rings is 2. The van der Waals surface area contributed by atoms with Gasteiger partial charge in [0.15, 0.2) is 0 Å². The molecule has 1 aliphatic heterocycles.